The van der Waals surface area contributed by atoms with Crippen molar-refractivity contribution in [3.63, 3.8) is 0 Å². The minimum absolute atomic E-state index is 0.112. The minimum atomic E-state index is -4.52. The Morgan fingerprint density at radius 1 is 1.00 bits per heavy atom. The number of benzene rings is 3. The average Bonchev–Trinajstić information content (AvgIpc) is 3.21. The summed E-state index contributed by atoms with van der Waals surface area (Å²) in [5.41, 5.74) is 5.15. The molecule has 4 nitrogen and oxygen atoms in total. The normalized spacial score (nSPS) is 13.6. The van der Waals surface area contributed by atoms with Gasteiger partial charge in [0, 0.05) is 17.8 Å². The van der Waals surface area contributed by atoms with Crippen molar-refractivity contribution in [2.24, 2.45) is 5.92 Å². The first-order chi connectivity index (χ1) is 16.2. The number of rotatable bonds is 7. The third-order valence-electron chi connectivity index (χ3n) is 5.94. The molecule has 1 N–H and O–H groups in total. The first-order valence-corrected chi connectivity index (χ1v) is 11.1. The summed E-state index contributed by atoms with van der Waals surface area (Å²) in [7, 11) is 0. The number of nitrogens with zero attached hydrogens (tertiary/aromatic N) is 2. The van der Waals surface area contributed by atoms with Crippen LogP contribution in [0.4, 0.5) is 13.2 Å². The zero-order chi connectivity index (χ0) is 24.3. The van der Waals surface area contributed by atoms with Crippen molar-refractivity contribution in [2.75, 3.05) is 6.54 Å². The van der Waals surface area contributed by atoms with Gasteiger partial charge in [-0.1, -0.05) is 61.0 Å². The molecule has 0 saturated heterocycles. The molecule has 3 aromatic carbocycles. The maximum absolute atomic E-state index is 12.5. The summed E-state index contributed by atoms with van der Waals surface area (Å²) in [6.07, 6.45) is -4.18. The van der Waals surface area contributed by atoms with E-state index in [1.54, 1.807) is 0 Å². The van der Waals surface area contributed by atoms with Crippen LogP contribution in [-0.4, -0.2) is 28.4 Å². The number of fused-ring (bicyclic) bond motifs is 1. The lowest BCUT2D eigenvalue weighted by molar-refractivity contribution is -0.153. The van der Waals surface area contributed by atoms with Crippen molar-refractivity contribution in [1.82, 2.24) is 15.1 Å². The third kappa shape index (κ3) is 5.47. The van der Waals surface area contributed by atoms with Gasteiger partial charge < -0.3 is 5.32 Å². The smallest absolute Gasteiger partial charge is 0.356 e. The van der Waals surface area contributed by atoms with Gasteiger partial charge in [-0.3, -0.25) is 4.79 Å². The summed E-state index contributed by atoms with van der Waals surface area (Å²) >= 11 is 0. The zero-order valence-electron chi connectivity index (χ0n) is 19.0. The lowest BCUT2D eigenvalue weighted by atomic mass is 9.81. The number of carbonyl (C=O) groups excluding carboxylic acids is 1. The van der Waals surface area contributed by atoms with Crippen molar-refractivity contribution in [2.45, 2.75) is 32.4 Å². The summed E-state index contributed by atoms with van der Waals surface area (Å²) < 4.78 is 39.5. The van der Waals surface area contributed by atoms with Crippen molar-refractivity contribution >= 4 is 16.8 Å². The maximum Gasteiger partial charge on any atom is 0.397 e. The number of hydrogen-bond donors (Lipinski definition) is 1. The van der Waals surface area contributed by atoms with Crippen LogP contribution in [0.2, 0.25) is 0 Å². The van der Waals surface area contributed by atoms with Gasteiger partial charge in [0.2, 0.25) is 5.91 Å². The Hall–Kier alpha value is -3.61. The van der Waals surface area contributed by atoms with E-state index < -0.39 is 18.5 Å². The number of hydrogen-bond acceptors (Lipinski definition) is 2. The molecular formula is C27H26F3N3O. The topological polar surface area (TPSA) is 46.9 Å². The van der Waals surface area contributed by atoms with Gasteiger partial charge >= 0.3 is 6.18 Å². The molecule has 0 saturated carbocycles. The summed E-state index contributed by atoms with van der Waals surface area (Å²) in [6.45, 7) is 4.11. The molecule has 2 atom stereocenters. The lowest BCUT2D eigenvalue weighted by Crippen LogP contribution is -2.33. The SMILES string of the molecule is Cc1ccc(-n2ncc3cc(C(c4ccccc4)C(C)CNC(=O)CC(F)(F)F)ccc32)cc1. The second-order valence-corrected chi connectivity index (χ2v) is 8.67. The lowest BCUT2D eigenvalue weighted by Gasteiger charge is -2.26. The number of aryl methyl sites for hydroxylation is 1. The molecule has 0 radical (unpaired) electrons. The zero-order valence-corrected chi connectivity index (χ0v) is 19.0. The molecule has 7 heteroatoms. The molecule has 0 bridgehead atoms. The molecular weight excluding hydrogens is 439 g/mol. The van der Waals surface area contributed by atoms with Crippen molar-refractivity contribution in [3.05, 3.63) is 95.7 Å². The molecule has 0 aliphatic carbocycles. The summed E-state index contributed by atoms with van der Waals surface area (Å²) in [6, 6.07) is 24.0. The Morgan fingerprint density at radius 3 is 2.38 bits per heavy atom. The number of nitrogens with one attached hydrogen (secondary N) is 1. The van der Waals surface area contributed by atoms with E-state index >= 15 is 0 Å². The van der Waals surface area contributed by atoms with Crippen LogP contribution in [0.1, 0.15) is 36.0 Å². The van der Waals surface area contributed by atoms with Crippen LogP contribution < -0.4 is 5.32 Å². The number of carbonyl (C=O) groups is 1. The summed E-state index contributed by atoms with van der Waals surface area (Å²) in [5.74, 6) is -1.26. The van der Waals surface area contributed by atoms with E-state index in [0.717, 1.165) is 27.7 Å². The molecule has 4 rings (SSSR count). The number of amides is 1. The van der Waals surface area contributed by atoms with Crippen LogP contribution in [-0.2, 0) is 4.79 Å². The standard InChI is InChI=1S/C27H26F3N3O/c1-18-8-11-23(12-9-18)33-24-13-10-21(14-22(24)17-32-33)26(20-6-4-3-5-7-20)19(2)16-31-25(34)15-27(28,29)30/h3-14,17,19,26H,15-16H2,1-2H3,(H,31,34). The highest BCUT2D eigenvalue weighted by atomic mass is 19.4. The molecule has 1 aromatic heterocycles. The first kappa shape index (κ1) is 23.5. The van der Waals surface area contributed by atoms with Gasteiger partial charge in [0.25, 0.3) is 0 Å². The van der Waals surface area contributed by atoms with Crippen LogP contribution in [0.25, 0.3) is 16.6 Å². The van der Waals surface area contributed by atoms with E-state index in [4.69, 9.17) is 0 Å². The molecule has 34 heavy (non-hydrogen) atoms. The van der Waals surface area contributed by atoms with E-state index in [2.05, 4.69) is 16.5 Å². The van der Waals surface area contributed by atoms with Crippen LogP contribution >= 0.6 is 0 Å². The molecule has 1 heterocycles. The van der Waals surface area contributed by atoms with Gasteiger partial charge in [0.15, 0.2) is 0 Å². The Balaban J connectivity index is 1.63. The van der Waals surface area contributed by atoms with E-state index in [-0.39, 0.29) is 18.4 Å². The Labute approximate surface area is 196 Å². The second kappa shape index (κ2) is 9.71. The van der Waals surface area contributed by atoms with Gasteiger partial charge in [-0.2, -0.15) is 18.3 Å². The predicted octanol–water partition coefficient (Wildman–Crippen LogP) is 6.17. The van der Waals surface area contributed by atoms with Crippen LogP contribution in [0, 0.1) is 12.8 Å². The van der Waals surface area contributed by atoms with Crippen LogP contribution in [0.3, 0.4) is 0 Å². The number of aromatic nitrogens is 2. The molecule has 0 aliphatic heterocycles. The van der Waals surface area contributed by atoms with Crippen molar-refractivity contribution < 1.29 is 18.0 Å². The van der Waals surface area contributed by atoms with Crippen LogP contribution in [0.5, 0.6) is 0 Å². The molecule has 4 aromatic rings. The van der Waals surface area contributed by atoms with Gasteiger partial charge in [-0.15, -0.1) is 0 Å². The molecule has 2 unspecified atom stereocenters. The van der Waals surface area contributed by atoms with Gasteiger partial charge in [-0.25, -0.2) is 4.68 Å². The first-order valence-electron chi connectivity index (χ1n) is 11.1. The van der Waals surface area contributed by atoms with E-state index in [9.17, 15) is 18.0 Å². The third-order valence-corrected chi connectivity index (χ3v) is 5.94. The van der Waals surface area contributed by atoms with Crippen LogP contribution in [0.15, 0.2) is 79.0 Å². The van der Waals surface area contributed by atoms with Gasteiger partial charge in [0.05, 0.1) is 17.4 Å². The quantitative estimate of drug-likeness (QED) is 0.355. The fourth-order valence-electron chi connectivity index (χ4n) is 4.28. The Bertz CT molecular complexity index is 1260. The molecule has 0 aliphatic rings. The predicted molar refractivity (Wildman–Crippen MR) is 127 cm³/mol. The fraction of sp³-hybridized carbons (Fsp3) is 0.259. The molecule has 1 amide bonds. The van der Waals surface area contributed by atoms with Gasteiger partial charge in [0.1, 0.15) is 6.42 Å². The highest BCUT2D eigenvalue weighted by Gasteiger charge is 2.31. The van der Waals surface area contributed by atoms with E-state index in [1.807, 2.05) is 91.5 Å². The van der Waals surface area contributed by atoms with Gasteiger partial charge in [-0.05, 0) is 48.2 Å². The van der Waals surface area contributed by atoms with Crippen molar-refractivity contribution in [1.29, 1.82) is 0 Å². The van der Waals surface area contributed by atoms with E-state index in [1.165, 1.54) is 5.56 Å². The molecule has 176 valence electrons. The maximum atomic E-state index is 12.5. The molecule has 0 fully saturated rings. The number of alkyl halides is 3. The van der Waals surface area contributed by atoms with E-state index in [0.29, 0.717) is 0 Å². The monoisotopic (exact) mass is 465 g/mol. The summed E-state index contributed by atoms with van der Waals surface area (Å²) in [5, 5.41) is 7.98. The highest BCUT2D eigenvalue weighted by Crippen LogP contribution is 2.34. The minimum Gasteiger partial charge on any atom is -0.356 e. The summed E-state index contributed by atoms with van der Waals surface area (Å²) in [4.78, 5) is 11.7. The highest BCUT2D eigenvalue weighted by molar-refractivity contribution is 5.81. The second-order valence-electron chi connectivity index (χ2n) is 8.67. The Kier molecular flexibility index (Phi) is 6.72. The largest absolute Gasteiger partial charge is 0.397 e. The Morgan fingerprint density at radius 2 is 1.71 bits per heavy atom. The van der Waals surface area contributed by atoms with Crippen molar-refractivity contribution in [3.8, 4) is 5.69 Å². The number of halogens is 3. The average molecular weight is 466 g/mol. The molecule has 0 spiro atoms. The fourth-order valence-corrected chi connectivity index (χ4v) is 4.28.